The molecule has 0 bridgehead atoms. The predicted molar refractivity (Wildman–Crippen MR) is 93.6 cm³/mol. The summed E-state index contributed by atoms with van der Waals surface area (Å²) >= 11 is 1.52. The number of likely N-dealkylation sites (N-methyl/N-ethyl adjacent to an activating group) is 1. The van der Waals surface area contributed by atoms with Crippen molar-refractivity contribution in [3.63, 3.8) is 0 Å². The van der Waals surface area contributed by atoms with Crippen molar-refractivity contribution in [1.29, 1.82) is 0 Å². The highest BCUT2D eigenvalue weighted by atomic mass is 32.1. The average Bonchev–Trinajstić information content (AvgIpc) is 3.08. The molecule has 5 nitrogen and oxygen atoms in total. The Labute approximate surface area is 140 Å². The fourth-order valence-corrected chi connectivity index (χ4v) is 3.00. The first-order valence-corrected chi connectivity index (χ1v) is 8.45. The molecule has 6 heteroatoms. The molecule has 2 unspecified atom stereocenters. The second-order valence-corrected chi connectivity index (χ2v) is 6.33. The molecular formula is C17H23N3O2S. The van der Waals surface area contributed by atoms with E-state index < -0.39 is 6.10 Å². The van der Waals surface area contributed by atoms with Gasteiger partial charge in [0, 0.05) is 13.1 Å². The van der Waals surface area contributed by atoms with Gasteiger partial charge in [-0.2, -0.15) is 11.3 Å². The Morgan fingerprint density at radius 3 is 2.43 bits per heavy atom. The Balaban J connectivity index is 1.80. The Bertz CT molecular complexity index is 587. The first kappa shape index (κ1) is 17.5. The lowest BCUT2D eigenvalue weighted by Crippen LogP contribution is -2.41. The molecule has 0 saturated heterocycles. The molecule has 0 aliphatic heterocycles. The van der Waals surface area contributed by atoms with E-state index in [4.69, 9.17) is 0 Å². The smallest absolute Gasteiger partial charge is 0.314 e. The number of nitrogens with zero attached hydrogens (tertiary/aromatic N) is 1. The van der Waals surface area contributed by atoms with Crippen LogP contribution in [0.3, 0.4) is 0 Å². The van der Waals surface area contributed by atoms with Crippen LogP contribution in [0.5, 0.6) is 0 Å². The lowest BCUT2D eigenvalue weighted by Gasteiger charge is -2.25. The second kappa shape index (κ2) is 8.67. The third-order valence-corrected chi connectivity index (χ3v) is 4.35. The topological polar surface area (TPSA) is 64.6 Å². The summed E-state index contributed by atoms with van der Waals surface area (Å²) < 4.78 is 0. The lowest BCUT2D eigenvalue weighted by molar-refractivity contribution is 0.173. The number of aliphatic hydroxyl groups excluding tert-OH is 1. The van der Waals surface area contributed by atoms with E-state index in [2.05, 4.69) is 15.5 Å². The summed E-state index contributed by atoms with van der Waals surface area (Å²) in [5.41, 5.74) is 1.97. The number of nitrogens with one attached hydrogen (secondary N) is 2. The van der Waals surface area contributed by atoms with E-state index in [0.29, 0.717) is 6.54 Å². The molecule has 0 radical (unpaired) electrons. The highest BCUT2D eigenvalue weighted by Gasteiger charge is 2.15. The van der Waals surface area contributed by atoms with Gasteiger partial charge in [-0.15, -0.1) is 0 Å². The zero-order valence-corrected chi connectivity index (χ0v) is 14.2. The first-order chi connectivity index (χ1) is 11.1. The zero-order valence-electron chi connectivity index (χ0n) is 13.4. The van der Waals surface area contributed by atoms with Crippen LogP contribution in [0.15, 0.2) is 47.2 Å². The molecule has 0 aliphatic carbocycles. The largest absolute Gasteiger partial charge is 0.387 e. The van der Waals surface area contributed by atoms with Crippen LogP contribution in [-0.4, -0.2) is 43.2 Å². The summed E-state index contributed by atoms with van der Waals surface area (Å²) in [7, 11) is 3.97. The van der Waals surface area contributed by atoms with Gasteiger partial charge in [0.1, 0.15) is 0 Å². The molecule has 1 aromatic heterocycles. The minimum atomic E-state index is -0.675. The number of thiophene rings is 1. The monoisotopic (exact) mass is 333 g/mol. The van der Waals surface area contributed by atoms with Crippen molar-refractivity contribution in [2.75, 3.05) is 27.2 Å². The van der Waals surface area contributed by atoms with Gasteiger partial charge < -0.3 is 20.6 Å². The molecule has 2 rings (SSSR count). The second-order valence-electron chi connectivity index (χ2n) is 5.55. The molecule has 2 aromatic rings. The van der Waals surface area contributed by atoms with Gasteiger partial charge in [0.15, 0.2) is 0 Å². The summed E-state index contributed by atoms with van der Waals surface area (Å²) in [4.78, 5) is 14.0. The fraction of sp³-hybridized carbons (Fsp3) is 0.353. The summed E-state index contributed by atoms with van der Waals surface area (Å²) in [6.07, 6.45) is -0.675. The van der Waals surface area contributed by atoms with E-state index in [1.165, 1.54) is 11.3 Å². The number of amides is 2. The number of urea groups is 1. The molecule has 0 fully saturated rings. The number of carbonyl (C=O) groups excluding carboxylic acids is 1. The maximum absolute atomic E-state index is 11.9. The molecule has 3 N–H and O–H groups in total. The quantitative estimate of drug-likeness (QED) is 0.729. The third kappa shape index (κ3) is 5.35. The van der Waals surface area contributed by atoms with Gasteiger partial charge in [0.05, 0.1) is 12.1 Å². The summed E-state index contributed by atoms with van der Waals surface area (Å²) in [6.45, 7) is 0.692. The van der Waals surface area contributed by atoms with Crippen LogP contribution in [-0.2, 0) is 0 Å². The van der Waals surface area contributed by atoms with E-state index in [9.17, 15) is 9.90 Å². The molecule has 1 aromatic carbocycles. The van der Waals surface area contributed by atoms with Crippen molar-refractivity contribution in [3.8, 4) is 0 Å². The van der Waals surface area contributed by atoms with Gasteiger partial charge in [0.25, 0.3) is 0 Å². The van der Waals surface area contributed by atoms with Crippen molar-refractivity contribution in [1.82, 2.24) is 15.5 Å². The Morgan fingerprint density at radius 2 is 1.83 bits per heavy atom. The van der Waals surface area contributed by atoms with Crippen molar-refractivity contribution >= 4 is 17.4 Å². The van der Waals surface area contributed by atoms with Crippen molar-refractivity contribution in [3.05, 3.63) is 58.3 Å². The van der Waals surface area contributed by atoms with E-state index >= 15 is 0 Å². The van der Waals surface area contributed by atoms with Crippen LogP contribution in [0.1, 0.15) is 23.3 Å². The standard InChI is InChI=1S/C17H23N3O2S/c1-20(2)15(13-6-4-3-5-7-13)10-18-17(22)19-11-16(21)14-8-9-23-12-14/h3-9,12,15-16,21H,10-11H2,1-2H3,(H2,18,19,22). The summed E-state index contributed by atoms with van der Waals surface area (Å²) in [6, 6.07) is 11.7. The van der Waals surface area contributed by atoms with Crippen molar-refractivity contribution in [2.24, 2.45) is 0 Å². The van der Waals surface area contributed by atoms with Gasteiger partial charge in [-0.3, -0.25) is 0 Å². The molecule has 124 valence electrons. The number of hydrogen-bond acceptors (Lipinski definition) is 4. The number of benzene rings is 1. The molecule has 2 amide bonds. The molecular weight excluding hydrogens is 310 g/mol. The normalized spacial score (nSPS) is 13.6. The molecule has 0 aliphatic rings. The highest BCUT2D eigenvalue weighted by molar-refractivity contribution is 7.07. The maximum atomic E-state index is 11.9. The Hall–Kier alpha value is -1.89. The van der Waals surface area contributed by atoms with Crippen LogP contribution in [0.25, 0.3) is 0 Å². The number of hydrogen-bond donors (Lipinski definition) is 3. The molecule has 0 spiro atoms. The first-order valence-electron chi connectivity index (χ1n) is 7.51. The Kier molecular flexibility index (Phi) is 6.58. The fourth-order valence-electron chi connectivity index (χ4n) is 2.30. The number of aliphatic hydroxyl groups is 1. The van der Waals surface area contributed by atoms with Crippen LogP contribution in [0, 0.1) is 0 Å². The lowest BCUT2D eigenvalue weighted by atomic mass is 10.1. The molecule has 23 heavy (non-hydrogen) atoms. The van der Waals surface area contributed by atoms with Crippen LogP contribution >= 0.6 is 11.3 Å². The van der Waals surface area contributed by atoms with Gasteiger partial charge in [0.2, 0.25) is 0 Å². The average molecular weight is 333 g/mol. The van der Waals surface area contributed by atoms with Gasteiger partial charge in [-0.1, -0.05) is 30.3 Å². The molecule has 1 heterocycles. The SMILES string of the molecule is CN(C)C(CNC(=O)NCC(O)c1ccsc1)c1ccccc1. The van der Waals surface area contributed by atoms with Crippen LogP contribution in [0.2, 0.25) is 0 Å². The van der Waals surface area contributed by atoms with Crippen molar-refractivity contribution < 1.29 is 9.90 Å². The maximum Gasteiger partial charge on any atom is 0.314 e. The summed E-state index contributed by atoms with van der Waals surface area (Å²) in [5, 5.41) is 19.3. The number of rotatable bonds is 7. The third-order valence-electron chi connectivity index (χ3n) is 3.65. The predicted octanol–water partition coefficient (Wildman–Crippen LogP) is 2.38. The van der Waals surface area contributed by atoms with Crippen LogP contribution < -0.4 is 10.6 Å². The van der Waals surface area contributed by atoms with E-state index in [-0.39, 0.29) is 18.6 Å². The van der Waals surface area contributed by atoms with Crippen LogP contribution in [0.4, 0.5) is 4.79 Å². The van der Waals surface area contributed by atoms with E-state index in [1.54, 1.807) is 0 Å². The number of carbonyl (C=O) groups is 1. The molecule has 0 saturated carbocycles. The minimum Gasteiger partial charge on any atom is -0.387 e. The zero-order chi connectivity index (χ0) is 16.7. The Morgan fingerprint density at radius 1 is 1.13 bits per heavy atom. The van der Waals surface area contributed by atoms with Crippen molar-refractivity contribution in [2.45, 2.75) is 12.1 Å². The van der Waals surface area contributed by atoms with E-state index in [0.717, 1.165) is 11.1 Å². The minimum absolute atomic E-state index is 0.101. The summed E-state index contributed by atoms with van der Waals surface area (Å²) in [5.74, 6) is 0. The highest BCUT2D eigenvalue weighted by Crippen LogP contribution is 2.17. The van der Waals surface area contributed by atoms with E-state index in [1.807, 2.05) is 61.3 Å². The van der Waals surface area contributed by atoms with Gasteiger partial charge >= 0.3 is 6.03 Å². The molecule has 2 atom stereocenters. The van der Waals surface area contributed by atoms with Gasteiger partial charge in [-0.25, -0.2) is 4.79 Å². The van der Waals surface area contributed by atoms with Gasteiger partial charge in [-0.05, 0) is 42.0 Å².